The van der Waals surface area contributed by atoms with Crippen molar-refractivity contribution in [3.8, 4) is 0 Å². The smallest absolute Gasteiger partial charge is 0.347 e. The van der Waals surface area contributed by atoms with Gasteiger partial charge in [-0.1, -0.05) is 81.4 Å². The molecule has 2 saturated carbocycles. The van der Waals surface area contributed by atoms with Gasteiger partial charge in [-0.05, 0) is 61.2 Å². The van der Waals surface area contributed by atoms with Crippen LogP contribution in [0, 0.1) is 22.7 Å². The number of likely N-dealkylation sites (tertiary alicyclic amines) is 1. The predicted octanol–water partition coefficient (Wildman–Crippen LogP) is 5.00. The predicted molar refractivity (Wildman–Crippen MR) is 130 cm³/mol. The molecule has 5 rings (SSSR count). The molecule has 2 bridgehead atoms. The fourth-order valence-corrected chi connectivity index (χ4v) is 7.17. The lowest BCUT2D eigenvalue weighted by Gasteiger charge is -2.41. The van der Waals surface area contributed by atoms with Crippen LogP contribution in [0.4, 0.5) is 0 Å². The van der Waals surface area contributed by atoms with Crippen molar-refractivity contribution in [1.29, 1.82) is 0 Å². The Morgan fingerprint density at radius 3 is 2.09 bits per heavy atom. The SMILES string of the molecule is CC1(C)C2CCC1(C)C(OC(=O)C(O)(c1ccccc1)c1ccccc1)C2CN1CCCC1. The molecule has 4 heteroatoms. The Morgan fingerprint density at radius 2 is 1.55 bits per heavy atom. The number of fused-ring (bicyclic) bond motifs is 2. The van der Waals surface area contributed by atoms with Gasteiger partial charge < -0.3 is 14.7 Å². The highest BCUT2D eigenvalue weighted by Crippen LogP contribution is 2.68. The molecule has 2 aromatic carbocycles. The summed E-state index contributed by atoms with van der Waals surface area (Å²) in [5.74, 6) is 0.278. The van der Waals surface area contributed by atoms with Crippen molar-refractivity contribution in [2.45, 2.75) is 58.2 Å². The van der Waals surface area contributed by atoms with Crippen molar-refractivity contribution in [1.82, 2.24) is 4.90 Å². The maximum absolute atomic E-state index is 13.9. The fraction of sp³-hybridized carbons (Fsp3) is 0.552. The van der Waals surface area contributed by atoms with Crippen LogP contribution in [-0.2, 0) is 15.1 Å². The first-order valence-corrected chi connectivity index (χ1v) is 12.6. The van der Waals surface area contributed by atoms with Gasteiger partial charge in [-0.2, -0.15) is 0 Å². The van der Waals surface area contributed by atoms with Crippen molar-refractivity contribution < 1.29 is 14.6 Å². The van der Waals surface area contributed by atoms with Gasteiger partial charge >= 0.3 is 5.97 Å². The van der Waals surface area contributed by atoms with Crippen molar-refractivity contribution in [2.75, 3.05) is 19.6 Å². The molecule has 176 valence electrons. The third-order valence-electron chi connectivity index (χ3n) is 9.49. The Morgan fingerprint density at radius 1 is 1.00 bits per heavy atom. The molecule has 3 aliphatic rings. The summed E-state index contributed by atoms with van der Waals surface area (Å²) in [6.45, 7) is 10.3. The van der Waals surface area contributed by atoms with Crippen LogP contribution in [0.15, 0.2) is 60.7 Å². The Hall–Kier alpha value is -2.17. The second-order valence-corrected chi connectivity index (χ2v) is 11.2. The van der Waals surface area contributed by atoms with Gasteiger partial charge in [0.05, 0.1) is 0 Å². The summed E-state index contributed by atoms with van der Waals surface area (Å²) in [6, 6.07) is 18.4. The maximum Gasteiger partial charge on any atom is 0.347 e. The topological polar surface area (TPSA) is 49.8 Å². The largest absolute Gasteiger partial charge is 0.459 e. The number of nitrogens with zero attached hydrogens (tertiary/aromatic N) is 1. The summed E-state index contributed by atoms with van der Waals surface area (Å²) in [6.07, 6.45) is 4.57. The number of carbonyl (C=O) groups is 1. The molecule has 1 heterocycles. The van der Waals surface area contributed by atoms with E-state index in [-0.39, 0.29) is 16.9 Å². The summed E-state index contributed by atoms with van der Waals surface area (Å²) < 4.78 is 6.47. The Labute approximate surface area is 198 Å². The van der Waals surface area contributed by atoms with Crippen LogP contribution in [0.3, 0.4) is 0 Å². The maximum atomic E-state index is 13.9. The highest BCUT2D eigenvalue weighted by molar-refractivity contribution is 5.85. The molecule has 0 amide bonds. The molecule has 4 atom stereocenters. The van der Waals surface area contributed by atoms with Crippen molar-refractivity contribution in [3.63, 3.8) is 0 Å². The van der Waals surface area contributed by atoms with E-state index in [0.29, 0.717) is 23.0 Å². The quantitative estimate of drug-likeness (QED) is 0.633. The molecule has 1 saturated heterocycles. The molecule has 0 spiro atoms. The van der Waals surface area contributed by atoms with Gasteiger partial charge in [0, 0.05) is 17.9 Å². The Kier molecular flexibility index (Phi) is 5.65. The zero-order valence-electron chi connectivity index (χ0n) is 20.2. The molecule has 2 aliphatic carbocycles. The van der Waals surface area contributed by atoms with Gasteiger partial charge in [0.15, 0.2) is 0 Å². The number of hydrogen-bond donors (Lipinski definition) is 1. The molecular formula is C29H37NO3. The summed E-state index contributed by atoms with van der Waals surface area (Å²) in [5.41, 5.74) is -0.732. The number of esters is 1. The van der Waals surface area contributed by atoms with E-state index in [4.69, 9.17) is 4.74 Å². The fourth-order valence-electron chi connectivity index (χ4n) is 7.17. The number of rotatable bonds is 6. The van der Waals surface area contributed by atoms with E-state index >= 15 is 0 Å². The van der Waals surface area contributed by atoms with Gasteiger partial charge in [-0.25, -0.2) is 4.79 Å². The van der Waals surface area contributed by atoms with Crippen LogP contribution in [0.5, 0.6) is 0 Å². The van der Waals surface area contributed by atoms with E-state index in [1.165, 1.54) is 19.3 Å². The van der Waals surface area contributed by atoms with Crippen LogP contribution in [0.25, 0.3) is 0 Å². The molecule has 4 unspecified atom stereocenters. The number of aliphatic hydroxyl groups is 1. The lowest BCUT2D eigenvalue weighted by atomic mass is 9.70. The Bertz CT molecular complexity index is 943. The second kappa shape index (κ2) is 8.25. The molecule has 1 N–H and O–H groups in total. The van der Waals surface area contributed by atoms with Gasteiger partial charge in [0.2, 0.25) is 5.60 Å². The number of benzene rings is 2. The number of hydrogen-bond acceptors (Lipinski definition) is 4. The third kappa shape index (κ3) is 3.45. The standard InChI is InChI=1S/C29H37NO3/c1-27(2)24-16-17-28(27,3)25(23(24)20-30-18-10-11-19-30)33-26(31)29(32,21-12-6-4-7-13-21)22-14-8-5-9-15-22/h4-9,12-15,23-25,32H,10-11,16-20H2,1-3H3. The van der Waals surface area contributed by atoms with E-state index in [1.54, 1.807) is 0 Å². The number of ether oxygens (including phenoxy) is 1. The van der Waals surface area contributed by atoms with E-state index in [0.717, 1.165) is 26.1 Å². The zero-order valence-corrected chi connectivity index (χ0v) is 20.2. The lowest BCUT2D eigenvalue weighted by Crippen LogP contribution is -2.48. The first-order chi connectivity index (χ1) is 15.8. The monoisotopic (exact) mass is 447 g/mol. The summed E-state index contributed by atoms with van der Waals surface area (Å²) in [5, 5.41) is 12.0. The molecule has 1 aliphatic heterocycles. The third-order valence-corrected chi connectivity index (χ3v) is 9.49. The number of carbonyl (C=O) groups excluding carboxylic acids is 1. The van der Waals surface area contributed by atoms with Crippen molar-refractivity contribution in [2.24, 2.45) is 22.7 Å². The minimum Gasteiger partial charge on any atom is -0.459 e. The first-order valence-electron chi connectivity index (χ1n) is 12.6. The molecule has 33 heavy (non-hydrogen) atoms. The average Bonchev–Trinajstić information content (AvgIpc) is 3.46. The first kappa shape index (κ1) is 22.6. The van der Waals surface area contributed by atoms with Crippen LogP contribution in [0.2, 0.25) is 0 Å². The zero-order chi connectivity index (χ0) is 23.3. The molecule has 0 radical (unpaired) electrons. The van der Waals surface area contributed by atoms with E-state index < -0.39 is 11.6 Å². The van der Waals surface area contributed by atoms with Gasteiger partial charge in [0.1, 0.15) is 6.10 Å². The summed E-state index contributed by atoms with van der Waals surface area (Å²) in [4.78, 5) is 16.5. The van der Waals surface area contributed by atoms with E-state index in [9.17, 15) is 9.90 Å². The highest BCUT2D eigenvalue weighted by atomic mass is 16.6. The normalized spacial score (nSPS) is 31.1. The van der Waals surface area contributed by atoms with E-state index in [1.807, 2.05) is 60.7 Å². The summed E-state index contributed by atoms with van der Waals surface area (Å²) >= 11 is 0. The summed E-state index contributed by atoms with van der Waals surface area (Å²) in [7, 11) is 0. The second-order valence-electron chi connectivity index (χ2n) is 11.2. The molecule has 0 aromatic heterocycles. The lowest BCUT2D eigenvalue weighted by molar-refractivity contribution is -0.179. The van der Waals surface area contributed by atoms with Crippen LogP contribution >= 0.6 is 0 Å². The van der Waals surface area contributed by atoms with Crippen LogP contribution in [-0.4, -0.2) is 41.7 Å². The van der Waals surface area contributed by atoms with Crippen molar-refractivity contribution >= 4 is 5.97 Å². The molecule has 2 aromatic rings. The highest BCUT2D eigenvalue weighted by Gasteiger charge is 2.68. The van der Waals surface area contributed by atoms with Crippen LogP contribution in [0.1, 0.15) is 57.6 Å². The minimum absolute atomic E-state index is 0.0913. The van der Waals surface area contributed by atoms with E-state index in [2.05, 4.69) is 25.7 Å². The van der Waals surface area contributed by atoms with Gasteiger partial charge in [-0.15, -0.1) is 0 Å². The van der Waals surface area contributed by atoms with Gasteiger partial charge in [0.25, 0.3) is 0 Å². The minimum atomic E-state index is -1.83. The van der Waals surface area contributed by atoms with Crippen molar-refractivity contribution in [3.05, 3.63) is 71.8 Å². The average molecular weight is 448 g/mol. The Balaban J connectivity index is 1.50. The van der Waals surface area contributed by atoms with Crippen LogP contribution < -0.4 is 0 Å². The molecule has 4 nitrogen and oxygen atoms in total. The molecular weight excluding hydrogens is 410 g/mol. The molecule has 3 fully saturated rings. The van der Waals surface area contributed by atoms with Gasteiger partial charge in [-0.3, -0.25) is 0 Å².